The van der Waals surface area contributed by atoms with Gasteiger partial charge in [0.05, 0.1) is 0 Å². The van der Waals surface area contributed by atoms with Crippen LogP contribution in [0.15, 0.2) is 36.5 Å². The molecule has 144 valence electrons. The Hall–Kier alpha value is -2.30. The van der Waals surface area contributed by atoms with Gasteiger partial charge < -0.3 is 14.4 Å². The summed E-state index contributed by atoms with van der Waals surface area (Å²) in [4.78, 5) is 29.5. The number of nitrogens with zero attached hydrogens (tertiary/aromatic N) is 3. The number of benzene rings is 1. The van der Waals surface area contributed by atoms with Gasteiger partial charge in [0.25, 0.3) is 0 Å². The number of amides is 2. The Balaban J connectivity index is 1.32. The second-order valence-corrected chi connectivity index (χ2v) is 8.19. The minimum atomic E-state index is 0.0896. The summed E-state index contributed by atoms with van der Waals surface area (Å²) in [5.41, 5.74) is 1.09. The third-order valence-electron chi connectivity index (χ3n) is 6.15. The predicted octanol–water partition coefficient (Wildman–Crippen LogP) is 3.14. The van der Waals surface area contributed by atoms with E-state index in [1.807, 2.05) is 39.9 Å². The maximum atomic E-state index is 12.8. The molecule has 5 nitrogen and oxygen atoms in total. The van der Waals surface area contributed by atoms with Crippen molar-refractivity contribution in [1.29, 1.82) is 0 Å². The van der Waals surface area contributed by atoms with E-state index in [-0.39, 0.29) is 11.8 Å². The zero-order valence-electron chi connectivity index (χ0n) is 16.1. The van der Waals surface area contributed by atoms with Crippen molar-refractivity contribution in [3.63, 3.8) is 0 Å². The lowest BCUT2D eigenvalue weighted by Crippen LogP contribution is -2.47. The average molecular weight is 367 g/mol. The molecule has 2 fully saturated rings. The first kappa shape index (κ1) is 18.1. The molecular weight excluding hydrogens is 338 g/mol. The van der Waals surface area contributed by atoms with E-state index < -0.39 is 0 Å². The summed E-state index contributed by atoms with van der Waals surface area (Å²) in [6.45, 7) is 5.79. The highest BCUT2D eigenvalue weighted by atomic mass is 16.2. The van der Waals surface area contributed by atoms with E-state index in [9.17, 15) is 9.59 Å². The molecule has 3 heterocycles. The normalized spacial score (nSPS) is 21.6. The van der Waals surface area contributed by atoms with Gasteiger partial charge in [0.2, 0.25) is 11.8 Å². The molecule has 0 radical (unpaired) electrons. The number of carbonyl (C=O) groups is 2. The molecule has 2 aromatic rings. The maximum Gasteiger partial charge on any atom is 0.242 e. The van der Waals surface area contributed by atoms with E-state index in [2.05, 4.69) is 17.9 Å². The van der Waals surface area contributed by atoms with Gasteiger partial charge in [-0.3, -0.25) is 9.59 Å². The van der Waals surface area contributed by atoms with Crippen LogP contribution in [0.3, 0.4) is 0 Å². The first-order valence-corrected chi connectivity index (χ1v) is 10.2. The highest BCUT2D eigenvalue weighted by molar-refractivity contribution is 5.84. The van der Waals surface area contributed by atoms with Crippen LogP contribution in [0.1, 0.15) is 32.6 Å². The molecule has 0 aliphatic carbocycles. The smallest absolute Gasteiger partial charge is 0.242 e. The summed E-state index contributed by atoms with van der Waals surface area (Å²) in [5.74, 6) is 1.16. The molecule has 2 aliphatic rings. The van der Waals surface area contributed by atoms with Gasteiger partial charge in [-0.05, 0) is 49.1 Å². The molecule has 4 rings (SSSR count). The number of para-hydroxylation sites is 1. The summed E-state index contributed by atoms with van der Waals surface area (Å²) in [6, 6.07) is 10.2. The van der Waals surface area contributed by atoms with Gasteiger partial charge in [-0.15, -0.1) is 0 Å². The monoisotopic (exact) mass is 367 g/mol. The first-order valence-electron chi connectivity index (χ1n) is 10.2. The molecule has 1 aromatic heterocycles. The molecule has 0 saturated carbocycles. The Kier molecular flexibility index (Phi) is 5.19. The summed E-state index contributed by atoms with van der Waals surface area (Å²) < 4.78 is 2.02. The Labute approximate surface area is 160 Å². The average Bonchev–Trinajstić information content (AvgIpc) is 3.10. The van der Waals surface area contributed by atoms with Crippen molar-refractivity contribution in [3.05, 3.63) is 36.5 Å². The van der Waals surface area contributed by atoms with Gasteiger partial charge >= 0.3 is 0 Å². The van der Waals surface area contributed by atoms with E-state index in [1.54, 1.807) is 0 Å². The number of aromatic nitrogens is 1. The molecule has 5 heteroatoms. The Bertz CT molecular complexity index is 820. The van der Waals surface area contributed by atoms with E-state index >= 15 is 0 Å². The summed E-state index contributed by atoms with van der Waals surface area (Å²) in [6.07, 6.45) is 5.92. The zero-order chi connectivity index (χ0) is 18.8. The first-order chi connectivity index (χ1) is 13.1. The topological polar surface area (TPSA) is 45.6 Å². The fourth-order valence-corrected chi connectivity index (χ4v) is 4.55. The number of hydrogen-bond acceptors (Lipinski definition) is 2. The third-order valence-corrected chi connectivity index (χ3v) is 6.15. The van der Waals surface area contributed by atoms with Crippen molar-refractivity contribution in [2.24, 2.45) is 11.8 Å². The van der Waals surface area contributed by atoms with Crippen LogP contribution in [0.4, 0.5) is 0 Å². The van der Waals surface area contributed by atoms with Crippen LogP contribution in [0.2, 0.25) is 0 Å². The Morgan fingerprint density at radius 2 is 1.78 bits per heavy atom. The van der Waals surface area contributed by atoms with Gasteiger partial charge in [0.1, 0.15) is 6.54 Å². The van der Waals surface area contributed by atoms with Crippen LogP contribution in [-0.2, 0) is 16.1 Å². The standard InChI is InChI=1S/C22H29N3O2/c1-17-5-4-11-25(15-17)22(27)19-9-12-23(13-10-19)21(26)16-24-14-8-18-6-2-3-7-20(18)24/h2-3,6-8,14,17,19H,4-5,9-13,15-16H2,1H3. The number of hydrogen-bond donors (Lipinski definition) is 0. The van der Waals surface area contributed by atoms with Crippen molar-refractivity contribution < 1.29 is 9.59 Å². The van der Waals surface area contributed by atoms with Crippen LogP contribution >= 0.6 is 0 Å². The van der Waals surface area contributed by atoms with Gasteiger partial charge in [-0.25, -0.2) is 0 Å². The Morgan fingerprint density at radius 1 is 1.00 bits per heavy atom. The minimum absolute atomic E-state index is 0.0896. The third kappa shape index (κ3) is 3.87. The Morgan fingerprint density at radius 3 is 2.56 bits per heavy atom. The number of rotatable bonds is 3. The van der Waals surface area contributed by atoms with Crippen molar-refractivity contribution in [2.75, 3.05) is 26.2 Å². The molecule has 0 bridgehead atoms. The summed E-state index contributed by atoms with van der Waals surface area (Å²) >= 11 is 0. The van der Waals surface area contributed by atoms with Gasteiger partial charge in [0, 0.05) is 43.8 Å². The van der Waals surface area contributed by atoms with Crippen LogP contribution in [0.5, 0.6) is 0 Å². The van der Waals surface area contributed by atoms with Crippen LogP contribution in [-0.4, -0.2) is 52.4 Å². The number of carbonyl (C=O) groups excluding carboxylic acids is 2. The van der Waals surface area contributed by atoms with Crippen LogP contribution in [0.25, 0.3) is 10.9 Å². The second-order valence-electron chi connectivity index (χ2n) is 8.19. The molecule has 1 unspecified atom stereocenters. The van der Waals surface area contributed by atoms with Crippen LogP contribution in [0, 0.1) is 11.8 Å². The van der Waals surface area contributed by atoms with E-state index in [0.717, 1.165) is 43.3 Å². The maximum absolute atomic E-state index is 12.8. The summed E-state index contributed by atoms with van der Waals surface area (Å²) in [5, 5.41) is 1.16. The molecular formula is C22H29N3O2. The number of likely N-dealkylation sites (tertiary alicyclic amines) is 2. The highest BCUT2D eigenvalue weighted by Crippen LogP contribution is 2.24. The molecule has 1 atom stereocenters. The number of fused-ring (bicyclic) bond motifs is 1. The van der Waals surface area contributed by atoms with E-state index in [4.69, 9.17) is 0 Å². The van der Waals surface area contributed by atoms with E-state index in [0.29, 0.717) is 31.5 Å². The quantitative estimate of drug-likeness (QED) is 0.837. The molecule has 2 amide bonds. The highest BCUT2D eigenvalue weighted by Gasteiger charge is 2.31. The van der Waals surface area contributed by atoms with Crippen LogP contribution < -0.4 is 0 Å². The fourth-order valence-electron chi connectivity index (χ4n) is 4.55. The summed E-state index contributed by atoms with van der Waals surface area (Å²) in [7, 11) is 0. The van der Waals surface area contributed by atoms with Crippen molar-refractivity contribution in [1.82, 2.24) is 14.4 Å². The van der Waals surface area contributed by atoms with Crippen molar-refractivity contribution in [2.45, 2.75) is 39.2 Å². The predicted molar refractivity (Wildman–Crippen MR) is 106 cm³/mol. The van der Waals surface area contributed by atoms with E-state index in [1.165, 1.54) is 6.42 Å². The lowest BCUT2D eigenvalue weighted by Gasteiger charge is -2.37. The fraction of sp³-hybridized carbons (Fsp3) is 0.545. The minimum Gasteiger partial charge on any atom is -0.342 e. The zero-order valence-corrected chi connectivity index (χ0v) is 16.1. The molecule has 2 aliphatic heterocycles. The molecule has 2 saturated heterocycles. The molecule has 27 heavy (non-hydrogen) atoms. The SMILES string of the molecule is CC1CCCN(C(=O)C2CCN(C(=O)Cn3ccc4ccccc43)CC2)C1. The van der Waals surface area contributed by atoms with Crippen molar-refractivity contribution in [3.8, 4) is 0 Å². The van der Waals surface area contributed by atoms with Crippen molar-refractivity contribution >= 4 is 22.7 Å². The second kappa shape index (κ2) is 7.75. The molecule has 0 spiro atoms. The number of piperidine rings is 2. The van der Waals surface area contributed by atoms with Gasteiger partial charge in [-0.2, -0.15) is 0 Å². The molecule has 0 N–H and O–H groups in total. The van der Waals surface area contributed by atoms with Gasteiger partial charge in [-0.1, -0.05) is 25.1 Å². The molecule has 1 aromatic carbocycles. The lowest BCUT2D eigenvalue weighted by atomic mass is 9.92. The lowest BCUT2D eigenvalue weighted by molar-refractivity contribution is -0.142. The van der Waals surface area contributed by atoms with Gasteiger partial charge in [0.15, 0.2) is 0 Å². The largest absolute Gasteiger partial charge is 0.342 e.